The molecule has 3 rings (SSSR count). The van der Waals surface area contributed by atoms with E-state index >= 15 is 0 Å². The Morgan fingerprint density at radius 2 is 2.20 bits per heavy atom. The van der Waals surface area contributed by atoms with Crippen LogP contribution < -0.4 is 11.1 Å². The fourth-order valence-electron chi connectivity index (χ4n) is 2.36. The van der Waals surface area contributed by atoms with Gasteiger partial charge in [-0.15, -0.1) is 0 Å². The van der Waals surface area contributed by atoms with Gasteiger partial charge in [-0.1, -0.05) is 0 Å². The van der Waals surface area contributed by atoms with Crippen LogP contribution in [-0.4, -0.2) is 43.4 Å². The predicted octanol–water partition coefficient (Wildman–Crippen LogP) is 0.104. The topological polar surface area (TPSA) is 95.4 Å². The lowest BCUT2D eigenvalue weighted by Crippen LogP contribution is -2.51. The molecule has 2 heterocycles. The number of hydrogen-bond donors (Lipinski definition) is 2. The van der Waals surface area contributed by atoms with Crippen molar-refractivity contribution in [3.8, 4) is 0 Å². The van der Waals surface area contributed by atoms with E-state index in [1.807, 2.05) is 6.92 Å². The van der Waals surface area contributed by atoms with E-state index in [4.69, 9.17) is 4.42 Å². The number of oxazole rings is 1. The van der Waals surface area contributed by atoms with Crippen LogP contribution >= 0.6 is 0 Å². The van der Waals surface area contributed by atoms with Gasteiger partial charge in [-0.2, -0.15) is 4.31 Å². The average molecular weight is 297 g/mol. The molecule has 0 unspecified atom stereocenters. The van der Waals surface area contributed by atoms with Crippen LogP contribution in [0.25, 0.3) is 11.1 Å². The minimum Gasteiger partial charge on any atom is -0.408 e. The summed E-state index contributed by atoms with van der Waals surface area (Å²) in [5.41, 5.74) is 0.738. The molecule has 7 nitrogen and oxygen atoms in total. The van der Waals surface area contributed by atoms with Crippen molar-refractivity contribution in [2.75, 3.05) is 19.6 Å². The number of H-pyrrole nitrogens is 1. The summed E-state index contributed by atoms with van der Waals surface area (Å²) in [5.74, 6) is -0.592. The number of rotatable bonds is 2. The average Bonchev–Trinajstić information content (AvgIpc) is 2.77. The van der Waals surface area contributed by atoms with Gasteiger partial charge in [0.2, 0.25) is 10.0 Å². The van der Waals surface area contributed by atoms with Crippen molar-refractivity contribution in [2.24, 2.45) is 0 Å². The number of benzene rings is 1. The Morgan fingerprint density at radius 3 is 2.95 bits per heavy atom. The molecule has 1 aliphatic rings. The van der Waals surface area contributed by atoms with Crippen molar-refractivity contribution in [3.05, 3.63) is 28.7 Å². The SMILES string of the molecule is C[C@@H]1CN(S(=O)(=O)c2ccc3oc(=O)[nH]c3c2)CCN1. The number of aromatic amines is 1. The van der Waals surface area contributed by atoms with Gasteiger partial charge in [0, 0.05) is 25.7 Å². The summed E-state index contributed by atoms with van der Waals surface area (Å²) in [6, 6.07) is 4.51. The van der Waals surface area contributed by atoms with Crippen LogP contribution in [0.1, 0.15) is 6.92 Å². The smallest absolute Gasteiger partial charge is 0.408 e. The van der Waals surface area contributed by atoms with Crippen molar-refractivity contribution in [1.82, 2.24) is 14.6 Å². The van der Waals surface area contributed by atoms with Gasteiger partial charge < -0.3 is 9.73 Å². The monoisotopic (exact) mass is 297 g/mol. The van der Waals surface area contributed by atoms with E-state index in [1.54, 1.807) is 0 Å². The van der Waals surface area contributed by atoms with Gasteiger partial charge in [0.1, 0.15) is 0 Å². The summed E-state index contributed by atoms with van der Waals surface area (Å²) in [6.45, 7) is 3.44. The predicted molar refractivity (Wildman–Crippen MR) is 73.1 cm³/mol. The summed E-state index contributed by atoms with van der Waals surface area (Å²) >= 11 is 0. The van der Waals surface area contributed by atoms with Gasteiger partial charge in [0.05, 0.1) is 10.4 Å². The Morgan fingerprint density at radius 1 is 1.40 bits per heavy atom. The van der Waals surface area contributed by atoms with Crippen LogP contribution in [0.15, 0.2) is 32.3 Å². The van der Waals surface area contributed by atoms with Gasteiger partial charge in [0.25, 0.3) is 0 Å². The van der Waals surface area contributed by atoms with Crippen LogP contribution in [-0.2, 0) is 10.0 Å². The third-order valence-corrected chi connectivity index (χ3v) is 5.22. The summed E-state index contributed by atoms with van der Waals surface area (Å²) in [4.78, 5) is 13.7. The Hall–Kier alpha value is -1.64. The Bertz CT molecular complexity index is 792. The number of nitrogens with zero attached hydrogens (tertiary/aromatic N) is 1. The summed E-state index contributed by atoms with van der Waals surface area (Å²) in [7, 11) is -3.55. The van der Waals surface area contributed by atoms with Gasteiger partial charge >= 0.3 is 5.76 Å². The maximum Gasteiger partial charge on any atom is 0.417 e. The van der Waals surface area contributed by atoms with Crippen LogP contribution in [0.4, 0.5) is 0 Å². The van der Waals surface area contributed by atoms with E-state index in [2.05, 4.69) is 10.3 Å². The second-order valence-electron chi connectivity index (χ2n) is 4.89. The Kier molecular flexibility index (Phi) is 3.15. The zero-order valence-electron chi connectivity index (χ0n) is 10.9. The molecule has 0 aliphatic carbocycles. The van der Waals surface area contributed by atoms with Gasteiger partial charge in [0.15, 0.2) is 5.58 Å². The highest BCUT2D eigenvalue weighted by Crippen LogP contribution is 2.21. The second-order valence-corrected chi connectivity index (χ2v) is 6.83. The minimum absolute atomic E-state index is 0.121. The van der Waals surface area contributed by atoms with Gasteiger partial charge in [-0.25, -0.2) is 13.2 Å². The van der Waals surface area contributed by atoms with E-state index in [9.17, 15) is 13.2 Å². The van der Waals surface area contributed by atoms with Crippen molar-refractivity contribution < 1.29 is 12.8 Å². The van der Waals surface area contributed by atoms with Crippen LogP contribution in [0.3, 0.4) is 0 Å². The summed E-state index contributed by atoms with van der Waals surface area (Å²) in [5, 5.41) is 3.20. The van der Waals surface area contributed by atoms with E-state index in [0.717, 1.165) is 0 Å². The van der Waals surface area contributed by atoms with Crippen molar-refractivity contribution in [3.63, 3.8) is 0 Å². The molecule has 1 aromatic carbocycles. The molecule has 0 saturated carbocycles. The summed E-state index contributed by atoms with van der Waals surface area (Å²) < 4.78 is 31.4. The lowest BCUT2D eigenvalue weighted by atomic mass is 10.3. The molecular weight excluding hydrogens is 282 g/mol. The molecule has 0 amide bonds. The standard InChI is InChI=1S/C12H15N3O4S/c1-8-7-15(5-4-13-8)20(17,18)9-2-3-11-10(6-9)14-12(16)19-11/h2-3,6,8,13H,4-5,7H2,1H3,(H,14,16)/t8-/m1/s1. The first-order valence-corrected chi connectivity index (χ1v) is 7.77. The zero-order valence-corrected chi connectivity index (χ0v) is 11.7. The fourth-order valence-corrected chi connectivity index (χ4v) is 3.91. The molecule has 0 bridgehead atoms. The fraction of sp³-hybridized carbons (Fsp3) is 0.417. The van der Waals surface area contributed by atoms with E-state index < -0.39 is 15.8 Å². The highest BCUT2D eigenvalue weighted by molar-refractivity contribution is 7.89. The number of aromatic nitrogens is 1. The highest BCUT2D eigenvalue weighted by atomic mass is 32.2. The molecule has 1 aromatic heterocycles. The maximum atomic E-state index is 12.6. The lowest BCUT2D eigenvalue weighted by molar-refractivity contribution is 0.310. The van der Waals surface area contributed by atoms with Crippen LogP contribution in [0, 0.1) is 0 Å². The van der Waals surface area contributed by atoms with E-state index in [1.165, 1.54) is 22.5 Å². The number of fused-ring (bicyclic) bond motifs is 1. The molecule has 1 fully saturated rings. The number of nitrogens with one attached hydrogen (secondary N) is 2. The van der Waals surface area contributed by atoms with E-state index in [0.29, 0.717) is 30.7 Å². The maximum absolute atomic E-state index is 12.6. The molecule has 1 saturated heterocycles. The third-order valence-electron chi connectivity index (χ3n) is 3.36. The highest BCUT2D eigenvalue weighted by Gasteiger charge is 2.28. The normalized spacial score (nSPS) is 21.4. The summed E-state index contributed by atoms with van der Waals surface area (Å²) in [6.07, 6.45) is 0. The largest absolute Gasteiger partial charge is 0.417 e. The number of piperazine rings is 1. The molecule has 8 heteroatoms. The molecule has 0 radical (unpaired) electrons. The second kappa shape index (κ2) is 4.72. The molecule has 20 heavy (non-hydrogen) atoms. The van der Waals surface area contributed by atoms with Gasteiger partial charge in [-0.05, 0) is 25.1 Å². The lowest BCUT2D eigenvalue weighted by Gasteiger charge is -2.30. The quantitative estimate of drug-likeness (QED) is 0.820. The first-order valence-electron chi connectivity index (χ1n) is 6.33. The molecule has 108 valence electrons. The van der Waals surface area contributed by atoms with Crippen molar-refractivity contribution >= 4 is 21.1 Å². The minimum atomic E-state index is -3.55. The molecule has 2 aromatic rings. The van der Waals surface area contributed by atoms with Crippen LogP contribution in [0.5, 0.6) is 0 Å². The van der Waals surface area contributed by atoms with Crippen LogP contribution in [0.2, 0.25) is 0 Å². The van der Waals surface area contributed by atoms with E-state index in [-0.39, 0.29) is 10.9 Å². The zero-order chi connectivity index (χ0) is 14.3. The number of hydrogen-bond acceptors (Lipinski definition) is 5. The van der Waals surface area contributed by atoms with Crippen molar-refractivity contribution in [2.45, 2.75) is 17.9 Å². The third kappa shape index (κ3) is 2.26. The molecule has 2 N–H and O–H groups in total. The van der Waals surface area contributed by atoms with Gasteiger partial charge in [-0.3, -0.25) is 4.98 Å². The first kappa shape index (κ1) is 13.3. The Balaban J connectivity index is 2.01. The first-order chi connectivity index (χ1) is 9.46. The molecule has 1 aliphatic heterocycles. The van der Waals surface area contributed by atoms with Crippen molar-refractivity contribution in [1.29, 1.82) is 0 Å². The number of sulfonamides is 1. The molecule has 1 atom stereocenters. The molecule has 0 spiro atoms. The Labute approximate surface area is 115 Å². The molecular formula is C12H15N3O4S.